The lowest BCUT2D eigenvalue weighted by Gasteiger charge is -2.28. The number of aryl methyl sites for hydroxylation is 3. The summed E-state index contributed by atoms with van der Waals surface area (Å²) in [5, 5.41) is 14.5. The van der Waals surface area contributed by atoms with Gasteiger partial charge in [0.05, 0.1) is 22.5 Å². The first-order valence-corrected chi connectivity index (χ1v) is 17.9. The van der Waals surface area contributed by atoms with E-state index in [2.05, 4.69) is 10.1 Å². The number of carbonyl (C=O) groups is 1. The standard InChI is InChI=1S/C37H37F3N4O5S/c1-36(2)21-50(47,48)17-14-26-25-13-16-41-30(25)20-29(39)33(26)49-24-9-10-28(38)27(19-24)34-42-35(43-44(34)4)37(3,15-12-31(36)40)23-7-5-6-22(18-23)8-11-32(45)46/h5-7,9-10,12-13,16,18-20,41H,8,11,14-15,17,21H2,1-4H3,(H,45,46)/b31-12-. The summed E-state index contributed by atoms with van der Waals surface area (Å²) in [4.78, 5) is 19.0. The van der Waals surface area contributed by atoms with Crippen LogP contribution in [0.3, 0.4) is 0 Å². The number of carboxylic acids is 1. The van der Waals surface area contributed by atoms with Crippen LogP contribution >= 0.6 is 0 Å². The molecule has 4 bridgehead atoms. The van der Waals surface area contributed by atoms with Crippen molar-refractivity contribution in [1.29, 1.82) is 0 Å². The Morgan fingerprint density at radius 1 is 1.06 bits per heavy atom. The number of halogens is 3. The van der Waals surface area contributed by atoms with Crippen LogP contribution in [0.2, 0.25) is 0 Å². The average molecular weight is 707 g/mol. The molecule has 0 saturated carbocycles. The molecule has 0 aliphatic carbocycles. The van der Waals surface area contributed by atoms with Crippen molar-refractivity contribution in [2.75, 3.05) is 11.5 Å². The van der Waals surface area contributed by atoms with Gasteiger partial charge in [0, 0.05) is 47.6 Å². The van der Waals surface area contributed by atoms with E-state index in [1.165, 1.54) is 48.9 Å². The van der Waals surface area contributed by atoms with Crippen molar-refractivity contribution < 1.29 is 36.2 Å². The second kappa shape index (κ2) is 13.1. The largest absolute Gasteiger partial charge is 0.481 e. The molecule has 13 heteroatoms. The lowest BCUT2D eigenvalue weighted by Crippen LogP contribution is -2.29. The molecule has 0 radical (unpaired) electrons. The molecule has 262 valence electrons. The Balaban J connectivity index is 1.55. The normalized spacial score (nSPS) is 20.2. The molecular formula is C37H37F3N4O5S. The van der Waals surface area contributed by atoms with E-state index < -0.39 is 55.6 Å². The van der Waals surface area contributed by atoms with Crippen molar-refractivity contribution in [3.05, 3.63) is 107 Å². The highest BCUT2D eigenvalue weighted by molar-refractivity contribution is 7.91. The maximum Gasteiger partial charge on any atom is 0.303 e. The monoisotopic (exact) mass is 706 g/mol. The van der Waals surface area contributed by atoms with Crippen LogP contribution in [0.1, 0.15) is 56.1 Å². The van der Waals surface area contributed by atoms with Crippen LogP contribution in [-0.2, 0) is 39.9 Å². The number of ether oxygens (including phenoxy) is 1. The van der Waals surface area contributed by atoms with Crippen LogP contribution < -0.4 is 4.74 Å². The van der Waals surface area contributed by atoms with Gasteiger partial charge in [-0.25, -0.2) is 31.3 Å². The predicted octanol–water partition coefficient (Wildman–Crippen LogP) is 7.60. The summed E-state index contributed by atoms with van der Waals surface area (Å²) in [6.07, 6.45) is 2.98. The van der Waals surface area contributed by atoms with Crippen molar-refractivity contribution in [2.45, 2.75) is 51.9 Å². The fourth-order valence-corrected chi connectivity index (χ4v) is 8.37. The van der Waals surface area contributed by atoms with Crippen molar-refractivity contribution in [2.24, 2.45) is 12.5 Å². The fraction of sp³-hybridized carbons (Fsp3) is 0.324. The van der Waals surface area contributed by atoms with Crippen LogP contribution in [0.4, 0.5) is 13.2 Å². The molecule has 6 rings (SSSR count). The van der Waals surface area contributed by atoms with Gasteiger partial charge in [0.2, 0.25) is 0 Å². The number of nitrogens with one attached hydrogen (secondary N) is 1. The molecule has 9 nitrogen and oxygen atoms in total. The summed E-state index contributed by atoms with van der Waals surface area (Å²) < 4.78 is 81.9. The Morgan fingerprint density at radius 2 is 1.84 bits per heavy atom. The number of hydrogen-bond donors (Lipinski definition) is 2. The van der Waals surface area contributed by atoms with E-state index in [9.17, 15) is 18.3 Å². The number of H-pyrrole nitrogens is 1. The van der Waals surface area contributed by atoms with E-state index in [1.807, 2.05) is 6.07 Å². The van der Waals surface area contributed by atoms with Gasteiger partial charge in [-0.3, -0.25) is 4.79 Å². The van der Waals surface area contributed by atoms with Gasteiger partial charge in [0.15, 0.2) is 33.1 Å². The van der Waals surface area contributed by atoms with Gasteiger partial charge in [-0.15, -0.1) is 0 Å². The molecule has 1 aliphatic rings. The molecule has 1 aliphatic heterocycles. The average Bonchev–Trinajstić information content (AvgIpc) is 3.68. The molecule has 50 heavy (non-hydrogen) atoms. The molecule has 0 spiro atoms. The molecule has 3 heterocycles. The summed E-state index contributed by atoms with van der Waals surface area (Å²) in [6, 6.07) is 14.0. The van der Waals surface area contributed by atoms with Gasteiger partial charge >= 0.3 is 5.97 Å². The number of aromatic nitrogens is 4. The maximum atomic E-state index is 16.2. The van der Waals surface area contributed by atoms with Crippen LogP contribution in [0.15, 0.2) is 72.7 Å². The number of aliphatic carboxylic acids is 1. The summed E-state index contributed by atoms with van der Waals surface area (Å²) in [7, 11) is -2.31. The van der Waals surface area contributed by atoms with Crippen LogP contribution in [-0.4, -0.2) is 50.7 Å². The third-order valence-electron chi connectivity index (χ3n) is 9.29. The van der Waals surface area contributed by atoms with Gasteiger partial charge in [0.1, 0.15) is 17.4 Å². The SMILES string of the molecule is Cn1nc2nc1-c1cc(ccc1F)Oc1c(F)cc3[nH]ccc3c1CCS(=O)(=O)CC(C)(C)/C(F)=C/CC2(C)c1cccc(CCC(=O)O)c1. The Kier molecular flexibility index (Phi) is 9.14. The molecule has 5 aromatic rings. The molecule has 3 aromatic carbocycles. The number of allylic oxidation sites excluding steroid dienone is 2. The number of hydrogen-bond acceptors (Lipinski definition) is 6. The second-order valence-corrected chi connectivity index (χ2v) is 15.8. The minimum absolute atomic E-state index is 0.00208. The summed E-state index contributed by atoms with van der Waals surface area (Å²) in [5.74, 6) is -3.68. The molecule has 0 fully saturated rings. The Morgan fingerprint density at radius 3 is 2.60 bits per heavy atom. The topological polar surface area (TPSA) is 127 Å². The number of aromatic amines is 1. The van der Waals surface area contributed by atoms with Crippen molar-refractivity contribution in [1.82, 2.24) is 19.7 Å². The summed E-state index contributed by atoms with van der Waals surface area (Å²) >= 11 is 0. The van der Waals surface area contributed by atoms with Crippen molar-refractivity contribution in [3.63, 3.8) is 0 Å². The third kappa shape index (κ3) is 6.91. The number of nitrogens with zero attached hydrogens (tertiary/aromatic N) is 3. The zero-order chi connectivity index (χ0) is 36.0. The minimum atomic E-state index is -3.90. The molecule has 1 unspecified atom stereocenters. The number of benzene rings is 3. The Bertz CT molecular complexity index is 2260. The van der Waals surface area contributed by atoms with E-state index in [1.54, 1.807) is 44.4 Å². The summed E-state index contributed by atoms with van der Waals surface area (Å²) in [5.41, 5.74) is -0.407. The first kappa shape index (κ1) is 34.9. The minimum Gasteiger partial charge on any atom is -0.481 e. The quantitative estimate of drug-likeness (QED) is 0.197. The van der Waals surface area contributed by atoms with E-state index >= 15 is 13.2 Å². The van der Waals surface area contributed by atoms with E-state index in [0.717, 1.165) is 5.56 Å². The van der Waals surface area contributed by atoms with Gasteiger partial charge in [-0.2, -0.15) is 5.10 Å². The number of rotatable bonds is 4. The molecule has 0 amide bonds. The molecule has 2 N–H and O–H groups in total. The van der Waals surface area contributed by atoms with E-state index in [0.29, 0.717) is 22.0 Å². The van der Waals surface area contributed by atoms with Gasteiger partial charge in [-0.1, -0.05) is 44.2 Å². The first-order valence-electron chi connectivity index (χ1n) is 16.1. The highest BCUT2D eigenvalue weighted by Gasteiger charge is 2.37. The molecular weight excluding hydrogens is 669 g/mol. The predicted molar refractivity (Wildman–Crippen MR) is 184 cm³/mol. The maximum absolute atomic E-state index is 16.2. The Hall–Kier alpha value is -4.91. The van der Waals surface area contributed by atoms with Gasteiger partial charge < -0.3 is 14.8 Å². The first-order chi connectivity index (χ1) is 23.6. The van der Waals surface area contributed by atoms with Crippen molar-refractivity contribution in [3.8, 4) is 22.9 Å². The molecule has 0 saturated heterocycles. The van der Waals surface area contributed by atoms with Crippen LogP contribution in [0.25, 0.3) is 22.3 Å². The molecule has 1 atom stereocenters. The fourth-order valence-electron chi connectivity index (χ4n) is 6.47. The van der Waals surface area contributed by atoms with Gasteiger partial charge in [-0.05, 0) is 61.6 Å². The number of fused-ring (bicyclic) bond motifs is 8. The Labute approximate surface area is 287 Å². The number of carboxylic acid groups (broad SMARTS) is 1. The highest BCUT2D eigenvalue weighted by atomic mass is 32.2. The van der Waals surface area contributed by atoms with Gasteiger partial charge in [0.25, 0.3) is 0 Å². The van der Waals surface area contributed by atoms with Crippen molar-refractivity contribution >= 4 is 26.7 Å². The van der Waals surface area contributed by atoms with E-state index in [4.69, 9.17) is 9.72 Å². The lowest BCUT2D eigenvalue weighted by atomic mass is 9.77. The third-order valence-corrected chi connectivity index (χ3v) is 11.3. The second-order valence-electron chi connectivity index (χ2n) is 13.6. The smallest absolute Gasteiger partial charge is 0.303 e. The number of sulfone groups is 1. The summed E-state index contributed by atoms with van der Waals surface area (Å²) in [6.45, 7) is 4.81. The van der Waals surface area contributed by atoms with E-state index in [-0.39, 0.29) is 54.4 Å². The zero-order valence-electron chi connectivity index (χ0n) is 28.1. The zero-order valence-corrected chi connectivity index (χ0v) is 28.9. The van der Waals surface area contributed by atoms with Crippen LogP contribution in [0.5, 0.6) is 11.5 Å². The van der Waals surface area contributed by atoms with Crippen LogP contribution in [0, 0.1) is 17.0 Å². The highest BCUT2D eigenvalue weighted by Crippen LogP contribution is 2.41. The lowest BCUT2D eigenvalue weighted by molar-refractivity contribution is -0.136. The molecule has 2 aromatic heterocycles.